The molecule has 5 rings (SSSR count). The average Bonchev–Trinajstić information content (AvgIpc) is 3.02. The second-order valence-corrected chi connectivity index (χ2v) is 8.58. The normalized spacial score (nSPS) is 18.1. The lowest BCUT2D eigenvalue weighted by Crippen LogP contribution is -1.94. The molecule has 1 heteroatoms. The molecule has 1 nitrogen and oxygen atoms in total. The summed E-state index contributed by atoms with van der Waals surface area (Å²) in [5.74, 6) is 0. The van der Waals surface area contributed by atoms with Crippen molar-refractivity contribution in [3.63, 3.8) is 0 Å². The Balaban J connectivity index is 1.83. The molecule has 0 saturated heterocycles. The number of hydrogen-bond acceptors (Lipinski definition) is 0. The fraction of sp³-hybridized carbons (Fsp3) is 0.357. The fourth-order valence-electron chi connectivity index (χ4n) is 5.21. The van der Waals surface area contributed by atoms with Gasteiger partial charge in [-0.3, -0.25) is 0 Å². The minimum atomic E-state index is 1.19. The highest BCUT2D eigenvalue weighted by molar-refractivity contribution is 5.97. The molecule has 29 heavy (non-hydrogen) atoms. The molecule has 3 aromatic rings. The van der Waals surface area contributed by atoms with E-state index < -0.39 is 0 Å². The van der Waals surface area contributed by atoms with E-state index in [-0.39, 0.29) is 0 Å². The maximum absolute atomic E-state index is 2.53. The van der Waals surface area contributed by atoms with Gasteiger partial charge < -0.3 is 4.40 Å². The fourth-order valence-corrected chi connectivity index (χ4v) is 5.21. The van der Waals surface area contributed by atoms with Gasteiger partial charge in [0.15, 0.2) is 0 Å². The standard InChI is InChI=1S/C28H31N/c1-2-7-15-22(14-6-1)26-25-20-12-13-21-29(25)28(24-18-8-3-4-9-19-24)27(26)23-16-10-5-11-17-23/h5,10-14,16-18,20-21H,1-4,6-9,15,19H2. The van der Waals surface area contributed by atoms with Crippen LogP contribution in [0.15, 0.2) is 66.9 Å². The summed E-state index contributed by atoms with van der Waals surface area (Å²) in [6, 6.07) is 17.8. The van der Waals surface area contributed by atoms with Crippen LogP contribution in [0.25, 0.3) is 27.8 Å². The van der Waals surface area contributed by atoms with Crippen molar-refractivity contribution in [1.82, 2.24) is 4.40 Å². The van der Waals surface area contributed by atoms with E-state index in [1.54, 1.807) is 11.1 Å². The van der Waals surface area contributed by atoms with Gasteiger partial charge in [0.05, 0.1) is 11.2 Å². The van der Waals surface area contributed by atoms with Crippen molar-refractivity contribution >= 4 is 16.7 Å². The minimum Gasteiger partial charge on any atom is -0.316 e. The van der Waals surface area contributed by atoms with Crippen LogP contribution in [0.5, 0.6) is 0 Å². The zero-order chi connectivity index (χ0) is 19.5. The van der Waals surface area contributed by atoms with Crippen LogP contribution >= 0.6 is 0 Å². The number of rotatable bonds is 3. The second-order valence-electron chi connectivity index (χ2n) is 8.58. The first-order valence-electron chi connectivity index (χ1n) is 11.5. The van der Waals surface area contributed by atoms with E-state index in [0.717, 1.165) is 0 Å². The Kier molecular flexibility index (Phi) is 5.39. The Labute approximate surface area is 174 Å². The van der Waals surface area contributed by atoms with E-state index >= 15 is 0 Å². The van der Waals surface area contributed by atoms with Gasteiger partial charge >= 0.3 is 0 Å². The van der Waals surface area contributed by atoms with Gasteiger partial charge in [-0.1, -0.05) is 61.4 Å². The first kappa shape index (κ1) is 18.5. The molecule has 1 aromatic carbocycles. The molecule has 0 N–H and O–H groups in total. The zero-order valence-electron chi connectivity index (χ0n) is 17.4. The van der Waals surface area contributed by atoms with Crippen molar-refractivity contribution in [2.75, 3.05) is 0 Å². The molecule has 0 aliphatic heterocycles. The smallest absolute Gasteiger partial charge is 0.0569 e. The molecule has 148 valence electrons. The highest BCUT2D eigenvalue weighted by Gasteiger charge is 2.24. The number of allylic oxidation sites excluding steroid dienone is 4. The van der Waals surface area contributed by atoms with E-state index in [4.69, 9.17) is 0 Å². The maximum Gasteiger partial charge on any atom is 0.0569 e. The summed E-state index contributed by atoms with van der Waals surface area (Å²) < 4.78 is 2.49. The molecular formula is C28H31N. The van der Waals surface area contributed by atoms with Gasteiger partial charge in [-0.15, -0.1) is 0 Å². The third-order valence-corrected chi connectivity index (χ3v) is 6.61. The molecule has 0 saturated carbocycles. The zero-order valence-corrected chi connectivity index (χ0v) is 17.4. The number of hydrogen-bond donors (Lipinski definition) is 0. The lowest BCUT2D eigenvalue weighted by Gasteiger charge is -2.13. The first-order valence-corrected chi connectivity index (χ1v) is 11.5. The Bertz CT molecular complexity index is 984. The van der Waals surface area contributed by atoms with Crippen molar-refractivity contribution in [1.29, 1.82) is 0 Å². The van der Waals surface area contributed by atoms with Gasteiger partial charge in [0.2, 0.25) is 0 Å². The summed E-state index contributed by atoms with van der Waals surface area (Å²) in [7, 11) is 0. The Morgan fingerprint density at radius 3 is 2.07 bits per heavy atom. The van der Waals surface area contributed by atoms with Gasteiger partial charge in [0, 0.05) is 17.3 Å². The van der Waals surface area contributed by atoms with Crippen LogP contribution in [0.3, 0.4) is 0 Å². The van der Waals surface area contributed by atoms with E-state index in [2.05, 4.69) is 71.3 Å². The second kappa shape index (κ2) is 8.45. The van der Waals surface area contributed by atoms with Crippen molar-refractivity contribution in [2.24, 2.45) is 0 Å². The van der Waals surface area contributed by atoms with Crippen molar-refractivity contribution < 1.29 is 0 Å². The molecule has 2 aliphatic rings. The van der Waals surface area contributed by atoms with Crippen LogP contribution in [0.1, 0.15) is 75.5 Å². The lowest BCUT2D eigenvalue weighted by atomic mass is 9.90. The predicted molar refractivity (Wildman–Crippen MR) is 125 cm³/mol. The summed E-state index contributed by atoms with van der Waals surface area (Å²) in [5.41, 5.74) is 10.2. The molecule has 0 fully saturated rings. The van der Waals surface area contributed by atoms with Crippen LogP contribution in [0.2, 0.25) is 0 Å². The number of benzene rings is 1. The van der Waals surface area contributed by atoms with Crippen LogP contribution in [0, 0.1) is 0 Å². The third-order valence-electron chi connectivity index (χ3n) is 6.61. The molecule has 0 amide bonds. The van der Waals surface area contributed by atoms with Crippen LogP contribution in [-0.4, -0.2) is 4.40 Å². The van der Waals surface area contributed by atoms with Gasteiger partial charge in [0.1, 0.15) is 0 Å². The number of pyridine rings is 1. The molecule has 0 radical (unpaired) electrons. The van der Waals surface area contributed by atoms with Gasteiger partial charge in [0.25, 0.3) is 0 Å². The Morgan fingerprint density at radius 1 is 0.586 bits per heavy atom. The van der Waals surface area contributed by atoms with Crippen LogP contribution in [0.4, 0.5) is 0 Å². The number of fused-ring (bicyclic) bond motifs is 1. The largest absolute Gasteiger partial charge is 0.316 e. The third kappa shape index (κ3) is 3.59. The van der Waals surface area contributed by atoms with Crippen molar-refractivity contribution in [3.05, 3.63) is 78.1 Å². The average molecular weight is 382 g/mol. The lowest BCUT2D eigenvalue weighted by molar-refractivity contribution is 0.720. The summed E-state index contributed by atoms with van der Waals surface area (Å²) in [6.45, 7) is 0. The van der Waals surface area contributed by atoms with Gasteiger partial charge in [-0.2, -0.15) is 0 Å². The van der Waals surface area contributed by atoms with Crippen molar-refractivity contribution in [2.45, 2.75) is 64.2 Å². The van der Waals surface area contributed by atoms with E-state index in [1.165, 1.54) is 92.1 Å². The van der Waals surface area contributed by atoms with Gasteiger partial charge in [-0.25, -0.2) is 0 Å². The maximum atomic E-state index is 2.53. The highest BCUT2D eigenvalue weighted by Crippen LogP contribution is 2.44. The minimum absolute atomic E-state index is 1.19. The topological polar surface area (TPSA) is 4.41 Å². The molecular weight excluding hydrogens is 350 g/mol. The Hall–Kier alpha value is -2.54. The summed E-state index contributed by atoms with van der Waals surface area (Å²) >= 11 is 0. The summed E-state index contributed by atoms with van der Waals surface area (Å²) in [6.07, 6.45) is 20.1. The van der Waals surface area contributed by atoms with E-state index in [1.807, 2.05) is 0 Å². The monoisotopic (exact) mass is 381 g/mol. The molecule has 2 aromatic heterocycles. The molecule has 2 aliphatic carbocycles. The molecule has 0 spiro atoms. The SMILES string of the molecule is C1=C(c2c(-c3ccccc3)c(C3=CCCCCC3)n3ccccc23)CCCCC1. The van der Waals surface area contributed by atoms with E-state index in [0.29, 0.717) is 0 Å². The molecule has 0 bridgehead atoms. The van der Waals surface area contributed by atoms with Gasteiger partial charge in [-0.05, 0) is 80.2 Å². The first-order chi connectivity index (χ1) is 14.4. The number of nitrogens with zero attached hydrogens (tertiary/aromatic N) is 1. The van der Waals surface area contributed by atoms with Crippen LogP contribution in [-0.2, 0) is 0 Å². The Morgan fingerprint density at radius 2 is 1.28 bits per heavy atom. The van der Waals surface area contributed by atoms with Crippen molar-refractivity contribution in [3.8, 4) is 11.1 Å². The molecule has 0 atom stereocenters. The summed E-state index contributed by atoms with van der Waals surface area (Å²) in [5, 5.41) is 0. The molecule has 0 unspecified atom stereocenters. The number of aromatic nitrogens is 1. The van der Waals surface area contributed by atoms with Crippen LogP contribution < -0.4 is 0 Å². The molecule has 2 heterocycles. The predicted octanol–water partition coefficient (Wildman–Crippen LogP) is 8.30. The summed E-state index contributed by atoms with van der Waals surface area (Å²) in [4.78, 5) is 0. The van der Waals surface area contributed by atoms with E-state index in [9.17, 15) is 0 Å². The quantitative estimate of drug-likeness (QED) is 0.430. The highest BCUT2D eigenvalue weighted by atomic mass is 14.9.